The first kappa shape index (κ1) is 16.4. The average molecular weight is 347 g/mol. The van der Waals surface area contributed by atoms with Crippen LogP contribution < -0.4 is 4.74 Å². The number of nitrogens with one attached hydrogen (secondary N) is 1. The van der Waals surface area contributed by atoms with Crippen molar-refractivity contribution in [1.29, 1.82) is 0 Å². The molecule has 1 aromatic carbocycles. The predicted octanol–water partition coefficient (Wildman–Crippen LogP) is 3.60. The Bertz CT molecular complexity index is 891. The number of fused-ring (bicyclic) bond motifs is 1. The number of pyridine rings is 1. The Labute approximate surface area is 152 Å². The number of H-pyrrole nitrogens is 1. The molecule has 1 atom stereocenters. The van der Waals surface area contributed by atoms with E-state index < -0.39 is 0 Å². The van der Waals surface area contributed by atoms with E-state index in [1.807, 2.05) is 54.4 Å². The number of carbonyl (C=O) groups is 1. The maximum Gasteiger partial charge on any atom is 0.271 e. The molecule has 0 saturated heterocycles. The second kappa shape index (κ2) is 7.04. The number of amides is 1. The molecule has 0 aliphatic carbocycles. The van der Waals surface area contributed by atoms with Gasteiger partial charge in [0.05, 0.1) is 12.6 Å². The normalized spacial score (nSPS) is 13.7. The molecule has 26 heavy (non-hydrogen) atoms. The molecule has 1 aliphatic rings. The molecule has 4 rings (SSSR count). The monoisotopic (exact) mass is 347 g/mol. The molecular formula is C21H21N3O2. The van der Waals surface area contributed by atoms with Crippen LogP contribution in [0, 0.1) is 0 Å². The summed E-state index contributed by atoms with van der Waals surface area (Å²) in [4.78, 5) is 22.3. The van der Waals surface area contributed by atoms with Crippen molar-refractivity contribution in [2.24, 2.45) is 0 Å². The highest BCUT2D eigenvalue weighted by atomic mass is 16.5. The van der Waals surface area contributed by atoms with E-state index in [4.69, 9.17) is 4.74 Å². The number of aromatic nitrogens is 2. The van der Waals surface area contributed by atoms with Gasteiger partial charge in [-0.25, -0.2) is 0 Å². The van der Waals surface area contributed by atoms with E-state index in [9.17, 15) is 4.79 Å². The number of nitrogens with zero attached hydrogens (tertiary/aromatic N) is 2. The quantitative estimate of drug-likeness (QED) is 0.767. The number of benzene rings is 1. The summed E-state index contributed by atoms with van der Waals surface area (Å²) in [6.45, 7) is 3.31. The number of carbonyl (C=O) groups excluding carboxylic acids is 1. The first-order valence-corrected chi connectivity index (χ1v) is 8.88. The van der Waals surface area contributed by atoms with Crippen LogP contribution in [0.3, 0.4) is 0 Å². The summed E-state index contributed by atoms with van der Waals surface area (Å²) in [5.74, 6) is 0.917. The van der Waals surface area contributed by atoms with Gasteiger partial charge in [0.25, 0.3) is 5.91 Å². The summed E-state index contributed by atoms with van der Waals surface area (Å²) >= 11 is 0. The molecule has 5 nitrogen and oxygen atoms in total. The Balaban J connectivity index is 1.79. The van der Waals surface area contributed by atoms with Crippen molar-refractivity contribution >= 4 is 5.91 Å². The molecule has 0 saturated carbocycles. The second-order valence-corrected chi connectivity index (χ2v) is 6.33. The van der Waals surface area contributed by atoms with E-state index in [1.165, 1.54) is 5.56 Å². The molecule has 1 aliphatic heterocycles. The van der Waals surface area contributed by atoms with E-state index in [0.29, 0.717) is 12.2 Å². The fourth-order valence-electron chi connectivity index (χ4n) is 3.53. The number of aromatic amines is 1. The lowest BCUT2D eigenvalue weighted by Gasteiger charge is -2.31. The Morgan fingerprint density at radius 2 is 2.19 bits per heavy atom. The zero-order valence-electron chi connectivity index (χ0n) is 14.7. The second-order valence-electron chi connectivity index (χ2n) is 6.33. The van der Waals surface area contributed by atoms with Crippen LogP contribution in [0.25, 0.3) is 0 Å². The largest absolute Gasteiger partial charge is 0.493 e. The van der Waals surface area contributed by atoms with Gasteiger partial charge in [-0.05, 0) is 53.9 Å². The van der Waals surface area contributed by atoms with Crippen LogP contribution in [0.4, 0.5) is 0 Å². The maximum absolute atomic E-state index is 13.1. The highest BCUT2D eigenvalue weighted by Crippen LogP contribution is 2.34. The van der Waals surface area contributed by atoms with Crippen LogP contribution >= 0.6 is 0 Å². The molecule has 0 fully saturated rings. The smallest absolute Gasteiger partial charge is 0.271 e. The summed E-state index contributed by atoms with van der Waals surface area (Å²) in [6.07, 6.45) is 6.26. The van der Waals surface area contributed by atoms with Gasteiger partial charge in [-0.1, -0.05) is 12.1 Å². The summed E-state index contributed by atoms with van der Waals surface area (Å²) in [6, 6.07) is 13.6. The van der Waals surface area contributed by atoms with Gasteiger partial charge in [-0.15, -0.1) is 0 Å². The van der Waals surface area contributed by atoms with Crippen LogP contribution in [0.2, 0.25) is 0 Å². The van der Waals surface area contributed by atoms with Gasteiger partial charge in [-0.3, -0.25) is 9.78 Å². The SMILES string of the molecule is CCN(C(=O)c1ccc[nH]1)[C@H](c1cccnc1)c1ccc2c(c1)CCO2. The predicted molar refractivity (Wildman–Crippen MR) is 99.2 cm³/mol. The van der Waals surface area contributed by atoms with Crippen LogP contribution in [0.15, 0.2) is 61.1 Å². The Morgan fingerprint density at radius 1 is 1.27 bits per heavy atom. The van der Waals surface area contributed by atoms with Crippen molar-refractivity contribution in [2.75, 3.05) is 13.2 Å². The molecule has 0 radical (unpaired) electrons. The maximum atomic E-state index is 13.1. The Hall–Kier alpha value is -3.08. The fourth-order valence-corrected chi connectivity index (χ4v) is 3.53. The van der Waals surface area contributed by atoms with Crippen molar-refractivity contribution in [3.05, 3.63) is 83.4 Å². The Morgan fingerprint density at radius 3 is 2.92 bits per heavy atom. The molecule has 1 amide bonds. The fraction of sp³-hybridized carbons (Fsp3) is 0.238. The van der Waals surface area contributed by atoms with Gasteiger partial charge in [0.1, 0.15) is 11.4 Å². The minimum atomic E-state index is -0.199. The number of ether oxygens (including phenoxy) is 1. The standard InChI is InChI=1S/C21H21N3O2/c1-2-24(21(25)18-6-4-11-23-18)20(17-5-3-10-22-14-17)16-7-8-19-15(13-16)9-12-26-19/h3-8,10-11,13-14,20,23H,2,9,12H2,1H3/t20-/m0/s1. The first-order valence-electron chi connectivity index (χ1n) is 8.88. The van der Waals surface area contributed by atoms with E-state index in [1.54, 1.807) is 12.4 Å². The number of hydrogen-bond donors (Lipinski definition) is 1. The van der Waals surface area contributed by atoms with Crippen LogP contribution in [0.5, 0.6) is 5.75 Å². The minimum absolute atomic E-state index is 0.0249. The number of rotatable bonds is 5. The molecule has 0 bridgehead atoms. The van der Waals surface area contributed by atoms with Crippen LogP contribution in [0.1, 0.15) is 40.1 Å². The van der Waals surface area contributed by atoms with E-state index in [2.05, 4.69) is 16.0 Å². The van der Waals surface area contributed by atoms with Crippen molar-refractivity contribution in [1.82, 2.24) is 14.9 Å². The third kappa shape index (κ3) is 2.96. The van der Waals surface area contributed by atoms with E-state index in [-0.39, 0.29) is 11.9 Å². The zero-order chi connectivity index (χ0) is 17.9. The van der Waals surface area contributed by atoms with E-state index >= 15 is 0 Å². The molecule has 5 heteroatoms. The number of hydrogen-bond acceptors (Lipinski definition) is 3. The van der Waals surface area contributed by atoms with Gasteiger partial charge >= 0.3 is 0 Å². The lowest BCUT2D eigenvalue weighted by atomic mass is 9.95. The highest BCUT2D eigenvalue weighted by Gasteiger charge is 2.28. The summed E-state index contributed by atoms with van der Waals surface area (Å²) in [5, 5.41) is 0. The van der Waals surface area contributed by atoms with Gasteiger partial charge in [0, 0.05) is 31.6 Å². The summed E-state index contributed by atoms with van der Waals surface area (Å²) in [7, 11) is 0. The molecule has 2 aromatic heterocycles. The van der Waals surface area contributed by atoms with Crippen molar-refractivity contribution < 1.29 is 9.53 Å². The minimum Gasteiger partial charge on any atom is -0.493 e. The summed E-state index contributed by atoms with van der Waals surface area (Å²) < 4.78 is 5.63. The zero-order valence-corrected chi connectivity index (χ0v) is 14.7. The van der Waals surface area contributed by atoms with Gasteiger partial charge < -0.3 is 14.6 Å². The van der Waals surface area contributed by atoms with E-state index in [0.717, 1.165) is 29.9 Å². The van der Waals surface area contributed by atoms with Gasteiger partial charge in [-0.2, -0.15) is 0 Å². The Kier molecular flexibility index (Phi) is 4.44. The first-order chi connectivity index (χ1) is 12.8. The van der Waals surface area contributed by atoms with Crippen LogP contribution in [-0.4, -0.2) is 33.9 Å². The third-order valence-corrected chi connectivity index (χ3v) is 4.77. The molecule has 3 aromatic rings. The topological polar surface area (TPSA) is 58.2 Å². The average Bonchev–Trinajstić information content (AvgIpc) is 3.37. The highest BCUT2D eigenvalue weighted by molar-refractivity contribution is 5.93. The molecule has 1 N–H and O–H groups in total. The van der Waals surface area contributed by atoms with Gasteiger partial charge in [0.15, 0.2) is 0 Å². The van der Waals surface area contributed by atoms with Crippen molar-refractivity contribution in [3.63, 3.8) is 0 Å². The molecule has 132 valence electrons. The van der Waals surface area contributed by atoms with Crippen LogP contribution in [-0.2, 0) is 6.42 Å². The lowest BCUT2D eigenvalue weighted by Crippen LogP contribution is -2.35. The third-order valence-electron chi connectivity index (χ3n) is 4.77. The summed E-state index contributed by atoms with van der Waals surface area (Å²) in [5.41, 5.74) is 3.85. The molecular weight excluding hydrogens is 326 g/mol. The lowest BCUT2D eigenvalue weighted by molar-refractivity contribution is 0.0711. The van der Waals surface area contributed by atoms with Crippen molar-refractivity contribution in [2.45, 2.75) is 19.4 Å². The van der Waals surface area contributed by atoms with Crippen molar-refractivity contribution in [3.8, 4) is 5.75 Å². The van der Waals surface area contributed by atoms with Gasteiger partial charge in [0.2, 0.25) is 0 Å². The molecule has 3 heterocycles. The molecule has 0 spiro atoms. The molecule has 0 unspecified atom stereocenters.